The lowest BCUT2D eigenvalue weighted by molar-refractivity contribution is 0.0699. The number of nitrogens with zero attached hydrogens (tertiary/aromatic N) is 1. The molecule has 1 atom stereocenters. The molecule has 0 fully saturated rings. The van der Waals surface area contributed by atoms with E-state index in [4.69, 9.17) is 4.42 Å². The molecule has 0 spiro atoms. The Labute approximate surface area is 139 Å². The summed E-state index contributed by atoms with van der Waals surface area (Å²) in [6.45, 7) is 1.80. The second-order valence-corrected chi connectivity index (χ2v) is 6.37. The van der Waals surface area contributed by atoms with Crippen molar-refractivity contribution < 1.29 is 13.6 Å². The van der Waals surface area contributed by atoms with E-state index in [0.29, 0.717) is 22.3 Å². The number of carbonyl (C=O) groups excluding carboxylic acids is 1. The number of aryl methyl sites for hydroxylation is 2. The van der Waals surface area contributed by atoms with Gasteiger partial charge in [-0.15, -0.1) is 0 Å². The molecule has 1 amide bonds. The average molecular weight is 323 g/mol. The fourth-order valence-corrected chi connectivity index (χ4v) is 3.64. The van der Waals surface area contributed by atoms with Gasteiger partial charge in [0.15, 0.2) is 5.76 Å². The summed E-state index contributed by atoms with van der Waals surface area (Å²) in [6.07, 6.45) is 1.89. The molecule has 0 saturated heterocycles. The normalized spacial score (nSPS) is 16.4. The molecule has 1 aliphatic carbocycles. The SMILES string of the molecule is Cc1c(C(=O)N(C)[C@H]2CCc3ccccc32)oc2ccc(F)cc12. The quantitative estimate of drug-likeness (QED) is 0.688. The van der Waals surface area contributed by atoms with E-state index in [2.05, 4.69) is 12.1 Å². The highest BCUT2D eigenvalue weighted by atomic mass is 19.1. The Morgan fingerprint density at radius 3 is 2.88 bits per heavy atom. The number of furan rings is 1. The van der Waals surface area contributed by atoms with E-state index in [9.17, 15) is 9.18 Å². The fraction of sp³-hybridized carbons (Fsp3) is 0.250. The monoisotopic (exact) mass is 323 g/mol. The molecule has 0 radical (unpaired) electrons. The van der Waals surface area contributed by atoms with Crippen LogP contribution in [0, 0.1) is 12.7 Å². The largest absolute Gasteiger partial charge is 0.451 e. The first-order valence-corrected chi connectivity index (χ1v) is 8.10. The molecule has 4 heteroatoms. The topological polar surface area (TPSA) is 33.5 Å². The number of carbonyl (C=O) groups is 1. The summed E-state index contributed by atoms with van der Waals surface area (Å²) in [5, 5.41) is 0.651. The molecule has 0 saturated carbocycles. The van der Waals surface area contributed by atoms with Crippen LogP contribution in [0.5, 0.6) is 0 Å². The number of fused-ring (bicyclic) bond motifs is 2. The maximum absolute atomic E-state index is 13.5. The van der Waals surface area contributed by atoms with E-state index in [0.717, 1.165) is 12.8 Å². The first kappa shape index (κ1) is 14.9. The Kier molecular flexibility index (Phi) is 3.41. The van der Waals surface area contributed by atoms with Crippen LogP contribution < -0.4 is 0 Å². The molecule has 3 nitrogen and oxygen atoms in total. The molecule has 0 unspecified atom stereocenters. The van der Waals surface area contributed by atoms with Gasteiger partial charge < -0.3 is 9.32 Å². The van der Waals surface area contributed by atoms with Gasteiger partial charge >= 0.3 is 0 Å². The van der Waals surface area contributed by atoms with Crippen LogP contribution in [0.15, 0.2) is 46.9 Å². The molecule has 2 aromatic carbocycles. The number of rotatable bonds is 2. The molecular weight excluding hydrogens is 305 g/mol. The first-order chi connectivity index (χ1) is 11.6. The molecule has 122 valence electrons. The summed E-state index contributed by atoms with van der Waals surface area (Å²) in [7, 11) is 1.81. The number of hydrogen-bond acceptors (Lipinski definition) is 2. The minimum Gasteiger partial charge on any atom is -0.451 e. The van der Waals surface area contributed by atoms with Crippen LogP contribution in [-0.2, 0) is 6.42 Å². The Morgan fingerprint density at radius 1 is 1.25 bits per heavy atom. The number of benzene rings is 2. The van der Waals surface area contributed by atoms with Gasteiger partial charge in [-0.25, -0.2) is 4.39 Å². The minimum absolute atomic E-state index is 0.0537. The zero-order chi connectivity index (χ0) is 16.8. The molecule has 1 aromatic heterocycles. The standard InChI is InChI=1S/C20H18FNO2/c1-12-16-11-14(21)8-10-18(16)24-19(12)20(23)22(2)17-9-7-13-5-3-4-6-15(13)17/h3-6,8,10-11,17H,7,9H2,1-2H3/t17-/m0/s1. The van der Waals surface area contributed by atoms with Crippen LogP contribution in [-0.4, -0.2) is 17.9 Å². The van der Waals surface area contributed by atoms with Crippen molar-refractivity contribution in [3.05, 3.63) is 70.7 Å². The summed E-state index contributed by atoms with van der Waals surface area (Å²) in [6, 6.07) is 12.6. The van der Waals surface area contributed by atoms with Crippen LogP contribution >= 0.6 is 0 Å². The molecule has 1 heterocycles. The predicted octanol–water partition coefficient (Wildman–Crippen LogP) is 4.64. The molecule has 1 aliphatic rings. The number of amides is 1. The highest BCUT2D eigenvalue weighted by Crippen LogP contribution is 2.36. The van der Waals surface area contributed by atoms with Gasteiger partial charge in [0.05, 0.1) is 6.04 Å². The summed E-state index contributed by atoms with van der Waals surface area (Å²) < 4.78 is 19.2. The molecule has 24 heavy (non-hydrogen) atoms. The van der Waals surface area contributed by atoms with E-state index >= 15 is 0 Å². The van der Waals surface area contributed by atoms with E-state index in [1.54, 1.807) is 17.9 Å². The van der Waals surface area contributed by atoms with Crippen molar-refractivity contribution >= 4 is 16.9 Å². The smallest absolute Gasteiger partial charge is 0.290 e. The summed E-state index contributed by atoms with van der Waals surface area (Å²) in [5.41, 5.74) is 3.73. The van der Waals surface area contributed by atoms with Gasteiger partial charge in [-0.3, -0.25) is 4.79 Å². The Balaban J connectivity index is 1.70. The van der Waals surface area contributed by atoms with Gasteiger partial charge in [-0.05, 0) is 49.1 Å². The van der Waals surface area contributed by atoms with Gasteiger partial charge in [0.2, 0.25) is 0 Å². The molecule has 4 rings (SSSR count). The Hall–Kier alpha value is -2.62. The third-order valence-corrected chi connectivity index (χ3v) is 4.98. The van der Waals surface area contributed by atoms with Gasteiger partial charge in [-0.2, -0.15) is 0 Å². The summed E-state index contributed by atoms with van der Waals surface area (Å²) >= 11 is 0. The summed E-state index contributed by atoms with van der Waals surface area (Å²) in [4.78, 5) is 14.7. The van der Waals surface area contributed by atoms with Crippen molar-refractivity contribution in [1.82, 2.24) is 4.90 Å². The van der Waals surface area contributed by atoms with Crippen LogP contribution in [0.25, 0.3) is 11.0 Å². The predicted molar refractivity (Wildman–Crippen MR) is 90.5 cm³/mol. The molecule has 0 aliphatic heterocycles. The zero-order valence-corrected chi connectivity index (χ0v) is 13.7. The third kappa shape index (κ3) is 2.21. The summed E-state index contributed by atoms with van der Waals surface area (Å²) in [5.74, 6) is -0.197. The third-order valence-electron chi connectivity index (χ3n) is 4.98. The lowest BCUT2D eigenvalue weighted by atomic mass is 10.1. The zero-order valence-electron chi connectivity index (χ0n) is 13.7. The lowest BCUT2D eigenvalue weighted by Crippen LogP contribution is -2.30. The maximum Gasteiger partial charge on any atom is 0.290 e. The van der Waals surface area contributed by atoms with E-state index < -0.39 is 0 Å². The Bertz CT molecular complexity index is 944. The van der Waals surface area contributed by atoms with Gasteiger partial charge in [0.1, 0.15) is 11.4 Å². The van der Waals surface area contributed by atoms with Gasteiger partial charge in [-0.1, -0.05) is 24.3 Å². The van der Waals surface area contributed by atoms with Crippen molar-refractivity contribution in [1.29, 1.82) is 0 Å². The van der Waals surface area contributed by atoms with Gasteiger partial charge in [0.25, 0.3) is 5.91 Å². The lowest BCUT2D eigenvalue weighted by Gasteiger charge is -2.24. The fourth-order valence-electron chi connectivity index (χ4n) is 3.64. The highest BCUT2D eigenvalue weighted by molar-refractivity contribution is 5.99. The van der Waals surface area contributed by atoms with Crippen molar-refractivity contribution in [2.24, 2.45) is 0 Å². The second-order valence-electron chi connectivity index (χ2n) is 6.37. The van der Waals surface area contributed by atoms with Gasteiger partial charge in [0, 0.05) is 18.0 Å². The van der Waals surface area contributed by atoms with Crippen molar-refractivity contribution in [2.45, 2.75) is 25.8 Å². The Morgan fingerprint density at radius 2 is 2.04 bits per heavy atom. The molecule has 0 N–H and O–H groups in total. The van der Waals surface area contributed by atoms with Crippen LogP contribution in [0.3, 0.4) is 0 Å². The highest BCUT2D eigenvalue weighted by Gasteiger charge is 2.31. The van der Waals surface area contributed by atoms with Crippen LogP contribution in [0.2, 0.25) is 0 Å². The maximum atomic E-state index is 13.5. The second kappa shape index (κ2) is 5.48. The van der Waals surface area contributed by atoms with Crippen molar-refractivity contribution in [3.63, 3.8) is 0 Å². The number of halogens is 1. The van der Waals surface area contributed by atoms with E-state index in [1.165, 1.54) is 23.3 Å². The number of hydrogen-bond donors (Lipinski definition) is 0. The molecular formula is C20H18FNO2. The molecule has 0 bridgehead atoms. The van der Waals surface area contributed by atoms with E-state index in [1.807, 2.05) is 19.2 Å². The molecule has 3 aromatic rings. The van der Waals surface area contributed by atoms with Crippen molar-refractivity contribution in [3.8, 4) is 0 Å². The average Bonchev–Trinajstić information content (AvgIpc) is 3.15. The van der Waals surface area contributed by atoms with E-state index in [-0.39, 0.29) is 17.8 Å². The first-order valence-electron chi connectivity index (χ1n) is 8.10. The van der Waals surface area contributed by atoms with Crippen LogP contribution in [0.4, 0.5) is 4.39 Å². The van der Waals surface area contributed by atoms with Crippen molar-refractivity contribution in [2.75, 3.05) is 7.05 Å². The minimum atomic E-state index is -0.330. The van der Waals surface area contributed by atoms with Crippen LogP contribution in [0.1, 0.15) is 39.7 Å².